The Labute approximate surface area is 126 Å². The van der Waals surface area contributed by atoms with E-state index in [0.29, 0.717) is 24.6 Å². The summed E-state index contributed by atoms with van der Waals surface area (Å²) in [6.45, 7) is 0.553. The Morgan fingerprint density at radius 2 is 1.90 bits per heavy atom. The summed E-state index contributed by atoms with van der Waals surface area (Å²) in [7, 11) is 0. The summed E-state index contributed by atoms with van der Waals surface area (Å²) >= 11 is 0. The van der Waals surface area contributed by atoms with Gasteiger partial charge < -0.3 is 10.6 Å². The molecule has 0 radical (unpaired) electrons. The minimum absolute atomic E-state index is 0.101. The Morgan fingerprint density at radius 3 is 2.62 bits per heavy atom. The summed E-state index contributed by atoms with van der Waals surface area (Å²) in [4.78, 5) is 12.0. The lowest BCUT2D eigenvalue weighted by Gasteiger charge is -2.16. The highest BCUT2D eigenvalue weighted by Gasteiger charge is 2.14. The molecule has 4 heteroatoms. The van der Waals surface area contributed by atoms with Gasteiger partial charge >= 0.3 is 0 Å². The van der Waals surface area contributed by atoms with Crippen molar-refractivity contribution in [3.05, 3.63) is 29.8 Å². The van der Waals surface area contributed by atoms with Crippen LogP contribution in [-0.4, -0.2) is 18.5 Å². The molecule has 2 rings (SSSR count). The van der Waals surface area contributed by atoms with Crippen molar-refractivity contribution in [2.24, 2.45) is 0 Å². The number of anilines is 1. The Hall–Kier alpha value is -2.02. The molecule has 1 fully saturated rings. The van der Waals surface area contributed by atoms with Gasteiger partial charge in [0.15, 0.2) is 0 Å². The molecule has 21 heavy (non-hydrogen) atoms. The number of amides is 1. The van der Waals surface area contributed by atoms with Gasteiger partial charge in [0.2, 0.25) is 5.91 Å². The number of benzene rings is 1. The standard InChI is InChI=1S/C17H23N3O/c18-13-14-7-5-6-10-16(14)19-12-11-17(21)20-15-8-3-1-2-4-9-15/h5-7,10,15,19H,1-4,8-9,11-12H2,(H,20,21). The van der Waals surface area contributed by atoms with Crippen LogP contribution < -0.4 is 10.6 Å². The summed E-state index contributed by atoms with van der Waals surface area (Å²) in [6.07, 6.45) is 7.68. The van der Waals surface area contributed by atoms with E-state index in [0.717, 1.165) is 18.5 Å². The summed E-state index contributed by atoms with van der Waals surface area (Å²) < 4.78 is 0. The van der Waals surface area contributed by atoms with Gasteiger partial charge in [-0.2, -0.15) is 5.26 Å². The molecule has 0 aliphatic heterocycles. The molecule has 0 unspecified atom stereocenters. The fraction of sp³-hybridized carbons (Fsp3) is 0.529. The van der Waals surface area contributed by atoms with Crippen molar-refractivity contribution in [1.29, 1.82) is 5.26 Å². The van der Waals surface area contributed by atoms with Crippen LogP contribution in [0.25, 0.3) is 0 Å². The van der Waals surface area contributed by atoms with E-state index in [-0.39, 0.29) is 5.91 Å². The van der Waals surface area contributed by atoms with Crippen LogP contribution in [0.1, 0.15) is 50.5 Å². The van der Waals surface area contributed by atoms with Gasteiger partial charge in [0.1, 0.15) is 6.07 Å². The van der Waals surface area contributed by atoms with Crippen molar-refractivity contribution >= 4 is 11.6 Å². The molecule has 4 nitrogen and oxygen atoms in total. The summed E-state index contributed by atoms with van der Waals surface area (Å²) in [5, 5.41) is 15.3. The van der Waals surface area contributed by atoms with E-state index in [2.05, 4.69) is 16.7 Å². The number of nitriles is 1. The van der Waals surface area contributed by atoms with Gasteiger partial charge in [-0.3, -0.25) is 4.79 Å². The number of rotatable bonds is 5. The largest absolute Gasteiger partial charge is 0.383 e. The van der Waals surface area contributed by atoms with Crippen molar-refractivity contribution in [2.45, 2.75) is 51.0 Å². The number of hydrogen-bond donors (Lipinski definition) is 2. The fourth-order valence-corrected chi connectivity index (χ4v) is 2.77. The van der Waals surface area contributed by atoms with Crippen molar-refractivity contribution < 1.29 is 4.79 Å². The Kier molecular flexibility index (Phi) is 6.08. The molecule has 1 amide bonds. The van der Waals surface area contributed by atoms with Gasteiger partial charge in [0.25, 0.3) is 0 Å². The quantitative estimate of drug-likeness (QED) is 0.816. The van der Waals surface area contributed by atoms with E-state index in [1.165, 1.54) is 25.7 Å². The highest BCUT2D eigenvalue weighted by Crippen LogP contribution is 2.17. The molecule has 0 bridgehead atoms. The van der Waals surface area contributed by atoms with Gasteiger partial charge in [0, 0.05) is 19.0 Å². The topological polar surface area (TPSA) is 64.9 Å². The lowest BCUT2D eigenvalue weighted by atomic mass is 10.1. The first-order chi connectivity index (χ1) is 10.3. The molecular formula is C17H23N3O. The van der Waals surface area contributed by atoms with Crippen molar-refractivity contribution in [1.82, 2.24) is 5.32 Å². The van der Waals surface area contributed by atoms with Crippen molar-refractivity contribution in [3.8, 4) is 6.07 Å². The van der Waals surface area contributed by atoms with E-state index in [4.69, 9.17) is 5.26 Å². The van der Waals surface area contributed by atoms with Crippen LogP contribution in [-0.2, 0) is 4.79 Å². The van der Waals surface area contributed by atoms with Crippen LogP contribution in [0.15, 0.2) is 24.3 Å². The highest BCUT2D eigenvalue weighted by atomic mass is 16.1. The maximum Gasteiger partial charge on any atom is 0.221 e. The third kappa shape index (κ3) is 5.11. The van der Waals surface area contributed by atoms with Gasteiger partial charge in [0.05, 0.1) is 11.3 Å². The van der Waals surface area contributed by atoms with E-state index >= 15 is 0 Å². The van der Waals surface area contributed by atoms with Crippen molar-refractivity contribution in [3.63, 3.8) is 0 Å². The second-order valence-corrected chi connectivity index (χ2v) is 5.59. The second kappa shape index (κ2) is 8.31. The molecule has 0 heterocycles. The Bertz CT molecular complexity index is 499. The van der Waals surface area contributed by atoms with E-state index in [1.807, 2.05) is 18.2 Å². The molecule has 112 valence electrons. The third-order valence-corrected chi connectivity index (χ3v) is 3.94. The molecule has 0 aromatic heterocycles. The highest BCUT2D eigenvalue weighted by molar-refractivity contribution is 5.76. The predicted molar refractivity (Wildman–Crippen MR) is 83.9 cm³/mol. The molecule has 2 N–H and O–H groups in total. The lowest BCUT2D eigenvalue weighted by Crippen LogP contribution is -2.35. The zero-order valence-corrected chi connectivity index (χ0v) is 12.4. The van der Waals surface area contributed by atoms with Crippen LogP contribution in [0.3, 0.4) is 0 Å². The van der Waals surface area contributed by atoms with Crippen molar-refractivity contribution in [2.75, 3.05) is 11.9 Å². The van der Waals surface area contributed by atoms with Gasteiger partial charge in [-0.25, -0.2) is 0 Å². The Balaban J connectivity index is 1.72. The van der Waals surface area contributed by atoms with Crippen LogP contribution in [0.2, 0.25) is 0 Å². The zero-order valence-electron chi connectivity index (χ0n) is 12.4. The number of nitrogens with one attached hydrogen (secondary N) is 2. The van der Waals surface area contributed by atoms with E-state index < -0.39 is 0 Å². The summed E-state index contributed by atoms with van der Waals surface area (Å²) in [5.41, 5.74) is 1.41. The monoisotopic (exact) mass is 285 g/mol. The summed E-state index contributed by atoms with van der Waals surface area (Å²) in [5.74, 6) is 0.101. The molecule has 0 saturated heterocycles. The van der Waals surface area contributed by atoms with Gasteiger partial charge in [-0.1, -0.05) is 37.8 Å². The Morgan fingerprint density at radius 1 is 1.19 bits per heavy atom. The molecule has 0 atom stereocenters. The summed E-state index contributed by atoms with van der Waals surface area (Å²) in [6, 6.07) is 9.85. The fourth-order valence-electron chi connectivity index (χ4n) is 2.77. The van der Waals surface area contributed by atoms with E-state index in [1.54, 1.807) is 6.07 Å². The second-order valence-electron chi connectivity index (χ2n) is 5.59. The first-order valence-corrected chi connectivity index (χ1v) is 7.82. The molecule has 1 aliphatic carbocycles. The van der Waals surface area contributed by atoms with Crippen LogP contribution in [0.5, 0.6) is 0 Å². The molecular weight excluding hydrogens is 262 g/mol. The first-order valence-electron chi connectivity index (χ1n) is 7.82. The van der Waals surface area contributed by atoms with Gasteiger partial charge in [-0.05, 0) is 25.0 Å². The number of hydrogen-bond acceptors (Lipinski definition) is 3. The normalized spacial score (nSPS) is 15.8. The smallest absolute Gasteiger partial charge is 0.221 e. The number of nitrogens with zero attached hydrogens (tertiary/aromatic N) is 1. The lowest BCUT2D eigenvalue weighted by molar-refractivity contribution is -0.121. The van der Waals surface area contributed by atoms with E-state index in [9.17, 15) is 4.79 Å². The number of carbonyl (C=O) groups is 1. The molecule has 1 aromatic rings. The maximum atomic E-state index is 12.0. The molecule has 1 aliphatic rings. The number of carbonyl (C=O) groups excluding carboxylic acids is 1. The van der Waals surface area contributed by atoms with Crippen LogP contribution in [0.4, 0.5) is 5.69 Å². The maximum absolute atomic E-state index is 12.0. The molecule has 1 aromatic carbocycles. The zero-order chi connectivity index (χ0) is 14.9. The average molecular weight is 285 g/mol. The number of para-hydroxylation sites is 1. The minimum Gasteiger partial charge on any atom is -0.383 e. The third-order valence-electron chi connectivity index (χ3n) is 3.94. The minimum atomic E-state index is 0.101. The predicted octanol–water partition coefficient (Wildman–Crippen LogP) is 3.20. The molecule has 0 spiro atoms. The van der Waals surface area contributed by atoms with Crippen LogP contribution >= 0.6 is 0 Å². The molecule has 1 saturated carbocycles. The first kappa shape index (κ1) is 15.4. The SMILES string of the molecule is N#Cc1ccccc1NCCC(=O)NC1CCCCCC1. The van der Waals surface area contributed by atoms with Gasteiger partial charge in [-0.15, -0.1) is 0 Å². The van der Waals surface area contributed by atoms with Crippen LogP contribution in [0, 0.1) is 11.3 Å². The average Bonchev–Trinajstić information content (AvgIpc) is 2.76.